The van der Waals surface area contributed by atoms with Gasteiger partial charge in [-0.05, 0) is 30.4 Å². The standard InChI is InChI=1S/C17H19N3S/c1-13(10-14-6-3-2-4-7-14)18-11-15-12-19-20-17(15)16-8-5-9-21-16/h2-9,12-13,18H,10-11H2,1H3,(H,19,20). The molecular weight excluding hydrogens is 278 g/mol. The number of hydrogen-bond donors (Lipinski definition) is 2. The molecule has 0 radical (unpaired) electrons. The lowest BCUT2D eigenvalue weighted by molar-refractivity contribution is 0.546. The Balaban J connectivity index is 1.59. The molecule has 0 fully saturated rings. The second-order valence-electron chi connectivity index (χ2n) is 5.22. The zero-order valence-corrected chi connectivity index (χ0v) is 12.9. The van der Waals surface area contributed by atoms with Crippen LogP contribution in [0.5, 0.6) is 0 Å². The third kappa shape index (κ3) is 3.60. The molecule has 0 spiro atoms. The van der Waals surface area contributed by atoms with Gasteiger partial charge < -0.3 is 5.32 Å². The van der Waals surface area contributed by atoms with E-state index in [2.05, 4.69) is 70.3 Å². The van der Waals surface area contributed by atoms with Gasteiger partial charge in [-0.15, -0.1) is 11.3 Å². The molecule has 2 heterocycles. The van der Waals surface area contributed by atoms with Gasteiger partial charge in [-0.3, -0.25) is 5.10 Å². The monoisotopic (exact) mass is 297 g/mol. The zero-order chi connectivity index (χ0) is 14.5. The van der Waals surface area contributed by atoms with Gasteiger partial charge in [0.25, 0.3) is 0 Å². The Bertz CT molecular complexity index is 658. The van der Waals surface area contributed by atoms with Crippen molar-refractivity contribution in [3.63, 3.8) is 0 Å². The number of hydrogen-bond acceptors (Lipinski definition) is 3. The van der Waals surface area contributed by atoms with E-state index in [1.807, 2.05) is 6.20 Å². The largest absolute Gasteiger partial charge is 0.310 e. The number of aromatic amines is 1. The first-order chi connectivity index (χ1) is 10.3. The number of thiophene rings is 1. The SMILES string of the molecule is CC(Cc1ccccc1)NCc1cn[nH]c1-c1cccs1. The summed E-state index contributed by atoms with van der Waals surface area (Å²) < 4.78 is 0. The predicted octanol–water partition coefficient (Wildman–Crippen LogP) is 3.86. The van der Waals surface area contributed by atoms with Crippen LogP contribution in [-0.2, 0) is 13.0 Å². The Kier molecular flexibility index (Phi) is 4.48. The van der Waals surface area contributed by atoms with E-state index in [1.165, 1.54) is 16.0 Å². The van der Waals surface area contributed by atoms with Crippen LogP contribution in [0.1, 0.15) is 18.1 Å². The number of nitrogens with zero attached hydrogens (tertiary/aromatic N) is 1. The van der Waals surface area contributed by atoms with E-state index in [0.29, 0.717) is 6.04 Å². The lowest BCUT2D eigenvalue weighted by atomic mass is 10.1. The van der Waals surface area contributed by atoms with Crippen molar-refractivity contribution in [3.8, 4) is 10.6 Å². The van der Waals surface area contributed by atoms with E-state index in [1.54, 1.807) is 11.3 Å². The minimum absolute atomic E-state index is 0.429. The molecule has 0 saturated heterocycles. The average Bonchev–Trinajstić information content (AvgIpc) is 3.17. The lowest BCUT2D eigenvalue weighted by Gasteiger charge is -2.13. The molecule has 0 aliphatic carbocycles. The summed E-state index contributed by atoms with van der Waals surface area (Å²) in [6.45, 7) is 3.05. The van der Waals surface area contributed by atoms with Crippen LogP contribution in [0.4, 0.5) is 0 Å². The summed E-state index contributed by atoms with van der Waals surface area (Å²) >= 11 is 1.73. The second kappa shape index (κ2) is 6.70. The van der Waals surface area contributed by atoms with Gasteiger partial charge in [-0.2, -0.15) is 5.10 Å². The van der Waals surface area contributed by atoms with Gasteiger partial charge >= 0.3 is 0 Å². The summed E-state index contributed by atoms with van der Waals surface area (Å²) in [6, 6.07) is 15.2. The smallest absolute Gasteiger partial charge is 0.0794 e. The molecule has 3 aromatic rings. The highest BCUT2D eigenvalue weighted by Gasteiger charge is 2.10. The number of benzene rings is 1. The quantitative estimate of drug-likeness (QED) is 0.725. The first-order valence-electron chi connectivity index (χ1n) is 7.16. The topological polar surface area (TPSA) is 40.7 Å². The van der Waals surface area contributed by atoms with Gasteiger partial charge in [-0.25, -0.2) is 0 Å². The maximum atomic E-state index is 4.18. The highest BCUT2D eigenvalue weighted by atomic mass is 32.1. The summed E-state index contributed by atoms with van der Waals surface area (Å²) in [4.78, 5) is 1.24. The third-order valence-electron chi connectivity index (χ3n) is 3.51. The molecule has 0 aliphatic heterocycles. The van der Waals surface area contributed by atoms with Crippen LogP contribution >= 0.6 is 11.3 Å². The van der Waals surface area contributed by atoms with Crippen LogP contribution in [0.15, 0.2) is 54.0 Å². The van der Waals surface area contributed by atoms with Gasteiger partial charge in [0, 0.05) is 18.2 Å². The molecule has 2 aromatic heterocycles. The Morgan fingerprint density at radius 3 is 2.81 bits per heavy atom. The van der Waals surface area contributed by atoms with Crippen molar-refractivity contribution in [2.75, 3.05) is 0 Å². The van der Waals surface area contributed by atoms with E-state index in [0.717, 1.165) is 18.7 Å². The van der Waals surface area contributed by atoms with Crippen LogP contribution in [0.25, 0.3) is 10.6 Å². The predicted molar refractivity (Wildman–Crippen MR) is 88.3 cm³/mol. The Hall–Kier alpha value is -1.91. The van der Waals surface area contributed by atoms with Crippen molar-refractivity contribution in [2.24, 2.45) is 0 Å². The second-order valence-corrected chi connectivity index (χ2v) is 6.17. The molecule has 4 heteroatoms. The fraction of sp³-hybridized carbons (Fsp3) is 0.235. The normalized spacial score (nSPS) is 12.4. The number of H-pyrrole nitrogens is 1. The molecular formula is C17H19N3S. The molecule has 0 amide bonds. The summed E-state index contributed by atoms with van der Waals surface area (Å²) in [5.74, 6) is 0. The van der Waals surface area contributed by atoms with E-state index in [9.17, 15) is 0 Å². The van der Waals surface area contributed by atoms with Gasteiger partial charge in [-0.1, -0.05) is 36.4 Å². The van der Waals surface area contributed by atoms with Crippen molar-refractivity contribution in [3.05, 3.63) is 65.2 Å². The van der Waals surface area contributed by atoms with Crippen molar-refractivity contribution < 1.29 is 0 Å². The fourth-order valence-electron chi connectivity index (χ4n) is 2.40. The molecule has 3 rings (SSSR count). The fourth-order valence-corrected chi connectivity index (χ4v) is 3.16. The zero-order valence-electron chi connectivity index (χ0n) is 12.0. The van der Waals surface area contributed by atoms with Crippen LogP contribution in [-0.4, -0.2) is 16.2 Å². The van der Waals surface area contributed by atoms with Crippen LogP contribution in [0.2, 0.25) is 0 Å². The molecule has 0 saturated carbocycles. The van der Waals surface area contributed by atoms with E-state index < -0.39 is 0 Å². The van der Waals surface area contributed by atoms with Crippen LogP contribution in [0, 0.1) is 0 Å². The Labute approximate surface area is 129 Å². The van der Waals surface area contributed by atoms with Gasteiger partial charge in [0.05, 0.1) is 16.8 Å². The first kappa shape index (κ1) is 14.0. The van der Waals surface area contributed by atoms with Gasteiger partial charge in [0.2, 0.25) is 0 Å². The minimum atomic E-state index is 0.429. The number of nitrogens with one attached hydrogen (secondary N) is 2. The third-order valence-corrected chi connectivity index (χ3v) is 4.40. The molecule has 0 aliphatic rings. The van der Waals surface area contributed by atoms with E-state index >= 15 is 0 Å². The molecule has 0 bridgehead atoms. The number of rotatable bonds is 6. The van der Waals surface area contributed by atoms with Crippen molar-refractivity contribution in [1.29, 1.82) is 0 Å². The lowest BCUT2D eigenvalue weighted by Crippen LogP contribution is -2.27. The van der Waals surface area contributed by atoms with Crippen LogP contribution in [0.3, 0.4) is 0 Å². The minimum Gasteiger partial charge on any atom is -0.310 e. The molecule has 2 N–H and O–H groups in total. The summed E-state index contributed by atoms with van der Waals surface area (Å²) in [7, 11) is 0. The van der Waals surface area contributed by atoms with Crippen molar-refractivity contribution in [1.82, 2.24) is 15.5 Å². The van der Waals surface area contributed by atoms with Gasteiger partial charge in [0.15, 0.2) is 0 Å². The van der Waals surface area contributed by atoms with Crippen molar-refractivity contribution >= 4 is 11.3 Å². The molecule has 1 atom stereocenters. The summed E-state index contributed by atoms with van der Waals surface area (Å²) in [5, 5.41) is 13.0. The first-order valence-corrected chi connectivity index (χ1v) is 8.04. The van der Waals surface area contributed by atoms with Crippen LogP contribution < -0.4 is 5.32 Å². The highest BCUT2D eigenvalue weighted by Crippen LogP contribution is 2.25. The van der Waals surface area contributed by atoms with E-state index in [4.69, 9.17) is 0 Å². The van der Waals surface area contributed by atoms with E-state index in [-0.39, 0.29) is 0 Å². The molecule has 108 valence electrons. The van der Waals surface area contributed by atoms with Crippen molar-refractivity contribution in [2.45, 2.75) is 25.9 Å². The molecule has 21 heavy (non-hydrogen) atoms. The summed E-state index contributed by atoms with van der Waals surface area (Å²) in [6.07, 6.45) is 2.95. The van der Waals surface area contributed by atoms with Gasteiger partial charge in [0.1, 0.15) is 0 Å². The number of aromatic nitrogens is 2. The summed E-state index contributed by atoms with van der Waals surface area (Å²) in [5.41, 5.74) is 3.71. The maximum absolute atomic E-state index is 4.18. The molecule has 1 aromatic carbocycles. The molecule has 1 unspecified atom stereocenters. The molecule has 3 nitrogen and oxygen atoms in total. The Morgan fingerprint density at radius 2 is 2.05 bits per heavy atom. The highest BCUT2D eigenvalue weighted by molar-refractivity contribution is 7.13. The Morgan fingerprint density at radius 1 is 1.19 bits per heavy atom. The maximum Gasteiger partial charge on any atom is 0.0794 e. The average molecular weight is 297 g/mol.